The van der Waals surface area contributed by atoms with E-state index < -0.39 is 0 Å². The third-order valence-corrected chi connectivity index (χ3v) is 4.72. The summed E-state index contributed by atoms with van der Waals surface area (Å²) in [6, 6.07) is 18.4. The third-order valence-electron chi connectivity index (χ3n) is 4.72. The molecule has 4 rings (SSSR count). The first-order valence-corrected chi connectivity index (χ1v) is 9.44. The van der Waals surface area contributed by atoms with Crippen molar-refractivity contribution in [1.29, 1.82) is 0 Å². The van der Waals surface area contributed by atoms with Gasteiger partial charge in [0, 0.05) is 31.4 Å². The molecule has 2 aromatic heterocycles. The van der Waals surface area contributed by atoms with Crippen molar-refractivity contribution in [2.45, 2.75) is 26.1 Å². The number of hydrogen-bond acceptors (Lipinski definition) is 5. The molecule has 3 aromatic rings. The van der Waals surface area contributed by atoms with Crippen LogP contribution in [-0.4, -0.2) is 30.8 Å². The molecule has 0 aliphatic carbocycles. The minimum absolute atomic E-state index is 0.260. The van der Waals surface area contributed by atoms with E-state index >= 15 is 0 Å². The average molecular weight is 363 g/mol. The minimum atomic E-state index is 0.260. The molecular weight excluding hydrogens is 338 g/mol. The number of nitrogens with one attached hydrogen (secondary N) is 1. The number of furan rings is 1. The summed E-state index contributed by atoms with van der Waals surface area (Å²) in [6.45, 7) is 6.11. The summed E-state index contributed by atoms with van der Waals surface area (Å²) in [5, 5.41) is 3.42. The number of aromatic nitrogens is 1. The van der Waals surface area contributed by atoms with Crippen molar-refractivity contribution in [3.63, 3.8) is 0 Å². The van der Waals surface area contributed by atoms with Gasteiger partial charge >= 0.3 is 0 Å². The molecule has 140 valence electrons. The van der Waals surface area contributed by atoms with E-state index in [1.165, 1.54) is 0 Å². The van der Waals surface area contributed by atoms with Gasteiger partial charge in [-0.05, 0) is 30.7 Å². The van der Waals surface area contributed by atoms with Gasteiger partial charge in [0.15, 0.2) is 0 Å². The molecule has 1 aliphatic heterocycles. The molecule has 3 heterocycles. The molecule has 5 heteroatoms. The van der Waals surface area contributed by atoms with Gasteiger partial charge < -0.3 is 19.4 Å². The third kappa shape index (κ3) is 4.56. The van der Waals surface area contributed by atoms with Crippen molar-refractivity contribution < 1.29 is 9.15 Å². The van der Waals surface area contributed by atoms with Gasteiger partial charge in [-0.3, -0.25) is 0 Å². The lowest BCUT2D eigenvalue weighted by Crippen LogP contribution is -2.41. The van der Waals surface area contributed by atoms with Crippen molar-refractivity contribution in [3.8, 4) is 11.3 Å². The van der Waals surface area contributed by atoms with Gasteiger partial charge in [0.2, 0.25) is 0 Å². The van der Waals surface area contributed by atoms with Crippen LogP contribution in [0, 0.1) is 0 Å². The standard InChI is InChI=1S/C22H25N3O2/c1-17-16-25(11-12-26-17)22-10-7-18(14-24-22)13-23-15-20-8-9-21(27-20)19-5-3-2-4-6-19/h2-10,14,17,23H,11-13,15-16H2,1H3. The SMILES string of the molecule is CC1CN(c2ccc(CNCc3ccc(-c4ccccc4)o3)cn2)CCO1. The van der Waals surface area contributed by atoms with Gasteiger partial charge in [0.05, 0.1) is 19.3 Å². The summed E-state index contributed by atoms with van der Waals surface area (Å²) in [7, 11) is 0. The Labute approximate surface area is 160 Å². The highest BCUT2D eigenvalue weighted by atomic mass is 16.5. The maximum absolute atomic E-state index is 5.92. The van der Waals surface area contributed by atoms with Crippen LogP contribution in [-0.2, 0) is 17.8 Å². The summed E-state index contributed by atoms with van der Waals surface area (Å²) in [4.78, 5) is 6.89. The molecule has 1 saturated heterocycles. The second-order valence-electron chi connectivity index (χ2n) is 6.89. The summed E-state index contributed by atoms with van der Waals surface area (Å²) < 4.78 is 11.5. The van der Waals surface area contributed by atoms with Crippen LogP contribution in [0.1, 0.15) is 18.2 Å². The Morgan fingerprint density at radius 1 is 1.07 bits per heavy atom. The van der Waals surface area contributed by atoms with E-state index in [0.717, 1.165) is 54.7 Å². The molecule has 1 fully saturated rings. The predicted molar refractivity (Wildman–Crippen MR) is 107 cm³/mol. The molecule has 0 bridgehead atoms. The highest BCUT2D eigenvalue weighted by molar-refractivity contribution is 5.57. The maximum atomic E-state index is 5.92. The summed E-state index contributed by atoms with van der Waals surface area (Å²) in [6.07, 6.45) is 2.20. The largest absolute Gasteiger partial charge is 0.460 e. The van der Waals surface area contributed by atoms with Crippen molar-refractivity contribution in [1.82, 2.24) is 10.3 Å². The number of rotatable bonds is 6. The van der Waals surface area contributed by atoms with Crippen molar-refractivity contribution in [3.05, 3.63) is 72.1 Å². The lowest BCUT2D eigenvalue weighted by Gasteiger charge is -2.32. The summed E-state index contributed by atoms with van der Waals surface area (Å²) in [5.74, 6) is 2.85. The quantitative estimate of drug-likeness (QED) is 0.721. The molecule has 27 heavy (non-hydrogen) atoms. The molecule has 0 saturated carbocycles. The fourth-order valence-electron chi connectivity index (χ4n) is 3.30. The normalized spacial score (nSPS) is 17.2. The van der Waals surface area contributed by atoms with E-state index in [9.17, 15) is 0 Å². The predicted octanol–water partition coefficient (Wildman–Crippen LogP) is 3.86. The van der Waals surface area contributed by atoms with Crippen LogP contribution in [0.3, 0.4) is 0 Å². The monoisotopic (exact) mass is 363 g/mol. The van der Waals surface area contributed by atoms with Crippen LogP contribution in [0.25, 0.3) is 11.3 Å². The molecule has 1 aromatic carbocycles. The van der Waals surface area contributed by atoms with Gasteiger partial charge in [-0.15, -0.1) is 0 Å². The Balaban J connectivity index is 1.29. The maximum Gasteiger partial charge on any atom is 0.134 e. The number of benzene rings is 1. The van der Waals surface area contributed by atoms with Crippen LogP contribution in [0.2, 0.25) is 0 Å². The first-order valence-electron chi connectivity index (χ1n) is 9.44. The number of nitrogens with zero attached hydrogens (tertiary/aromatic N) is 2. The molecule has 1 atom stereocenters. The molecule has 0 radical (unpaired) electrons. The van der Waals surface area contributed by atoms with Crippen molar-refractivity contribution >= 4 is 5.82 Å². The highest BCUT2D eigenvalue weighted by Gasteiger charge is 2.17. The van der Waals surface area contributed by atoms with E-state index in [1.54, 1.807) is 0 Å². The van der Waals surface area contributed by atoms with Gasteiger partial charge in [0.1, 0.15) is 17.3 Å². The molecule has 1 unspecified atom stereocenters. The van der Waals surface area contributed by atoms with E-state index in [2.05, 4.69) is 46.4 Å². The lowest BCUT2D eigenvalue weighted by molar-refractivity contribution is 0.0529. The Morgan fingerprint density at radius 3 is 2.74 bits per heavy atom. The number of hydrogen-bond donors (Lipinski definition) is 1. The van der Waals surface area contributed by atoms with Crippen LogP contribution < -0.4 is 10.2 Å². The average Bonchev–Trinajstić information content (AvgIpc) is 3.18. The molecule has 5 nitrogen and oxygen atoms in total. The number of pyridine rings is 1. The van der Waals surface area contributed by atoms with E-state index in [4.69, 9.17) is 9.15 Å². The Hall–Kier alpha value is -2.63. The Kier molecular flexibility index (Phi) is 5.51. The highest BCUT2D eigenvalue weighted by Crippen LogP contribution is 2.21. The lowest BCUT2D eigenvalue weighted by atomic mass is 10.2. The van der Waals surface area contributed by atoms with Gasteiger partial charge in [0.25, 0.3) is 0 Å². The fraction of sp³-hybridized carbons (Fsp3) is 0.318. The van der Waals surface area contributed by atoms with Gasteiger partial charge in [-0.2, -0.15) is 0 Å². The minimum Gasteiger partial charge on any atom is -0.460 e. The zero-order valence-electron chi connectivity index (χ0n) is 15.6. The first kappa shape index (κ1) is 17.8. The summed E-state index contributed by atoms with van der Waals surface area (Å²) in [5.41, 5.74) is 2.26. The molecular formula is C22H25N3O2. The first-order chi connectivity index (χ1) is 13.3. The number of morpholine rings is 1. The zero-order valence-corrected chi connectivity index (χ0v) is 15.6. The number of ether oxygens (including phenoxy) is 1. The van der Waals surface area contributed by atoms with Crippen LogP contribution in [0.5, 0.6) is 0 Å². The smallest absolute Gasteiger partial charge is 0.134 e. The van der Waals surface area contributed by atoms with Crippen LogP contribution >= 0.6 is 0 Å². The van der Waals surface area contributed by atoms with Crippen molar-refractivity contribution in [2.24, 2.45) is 0 Å². The summed E-state index contributed by atoms with van der Waals surface area (Å²) >= 11 is 0. The zero-order chi connectivity index (χ0) is 18.5. The molecule has 1 N–H and O–H groups in total. The van der Waals surface area contributed by atoms with Gasteiger partial charge in [-0.25, -0.2) is 4.98 Å². The van der Waals surface area contributed by atoms with E-state index in [1.807, 2.05) is 36.5 Å². The number of anilines is 1. The topological polar surface area (TPSA) is 50.5 Å². The van der Waals surface area contributed by atoms with Crippen LogP contribution in [0.4, 0.5) is 5.82 Å². The molecule has 1 aliphatic rings. The second-order valence-corrected chi connectivity index (χ2v) is 6.89. The van der Waals surface area contributed by atoms with E-state index in [0.29, 0.717) is 6.54 Å². The fourth-order valence-corrected chi connectivity index (χ4v) is 3.30. The van der Waals surface area contributed by atoms with Gasteiger partial charge in [-0.1, -0.05) is 36.4 Å². The van der Waals surface area contributed by atoms with Crippen LogP contribution in [0.15, 0.2) is 65.2 Å². The van der Waals surface area contributed by atoms with E-state index in [-0.39, 0.29) is 6.10 Å². The molecule has 0 amide bonds. The van der Waals surface area contributed by atoms with Crippen molar-refractivity contribution in [2.75, 3.05) is 24.6 Å². The Bertz CT molecular complexity index is 846. The second kappa shape index (κ2) is 8.37. The Morgan fingerprint density at radius 2 is 1.96 bits per heavy atom. The molecule has 0 spiro atoms.